The summed E-state index contributed by atoms with van der Waals surface area (Å²) in [7, 11) is -2.63. The lowest BCUT2D eigenvalue weighted by Crippen LogP contribution is -2.56. The highest BCUT2D eigenvalue weighted by Gasteiger charge is 2.43. The molecule has 1 aromatic heterocycles. The number of benzene rings is 1. The molecule has 1 amide bonds. The highest BCUT2D eigenvalue weighted by molar-refractivity contribution is 7.89. The number of aromatic nitrogens is 1. The molecule has 9 nitrogen and oxygen atoms in total. The number of hydrogen-bond acceptors (Lipinski definition) is 6. The summed E-state index contributed by atoms with van der Waals surface area (Å²) < 4.78 is 35.1. The van der Waals surface area contributed by atoms with Gasteiger partial charge in [0, 0.05) is 18.9 Å². The van der Waals surface area contributed by atoms with Gasteiger partial charge in [0.05, 0.1) is 11.6 Å². The molecule has 1 aliphatic heterocycles. The van der Waals surface area contributed by atoms with Gasteiger partial charge in [-0.15, -0.1) is 6.42 Å². The Hall–Kier alpha value is -3.31. The van der Waals surface area contributed by atoms with Gasteiger partial charge in [0.25, 0.3) is 5.91 Å². The number of aliphatic hydroxyl groups is 1. The molecule has 0 saturated carbocycles. The van der Waals surface area contributed by atoms with Crippen LogP contribution in [0.15, 0.2) is 29.3 Å². The molecule has 2 heterocycles. The molecule has 2 atom stereocenters. The Bertz CT molecular complexity index is 1220. The fraction of sp³-hybridized carbons (Fsp3) is 0.300. The molecule has 3 rings (SSSR count). The van der Waals surface area contributed by atoms with Gasteiger partial charge in [-0.3, -0.25) is 4.79 Å². The molecule has 3 N–H and O–H groups in total. The zero-order valence-corrected chi connectivity index (χ0v) is 17.4. The highest BCUT2D eigenvalue weighted by atomic mass is 32.2. The highest BCUT2D eigenvalue weighted by Crippen LogP contribution is 2.35. The van der Waals surface area contributed by atoms with Gasteiger partial charge in [-0.2, -0.15) is 9.98 Å². The first-order valence-corrected chi connectivity index (χ1v) is 10.3. The van der Waals surface area contributed by atoms with Crippen LogP contribution in [0.1, 0.15) is 28.5 Å². The molecular formula is C20H20N4O5S. The van der Waals surface area contributed by atoms with Crippen molar-refractivity contribution in [1.82, 2.24) is 9.29 Å². The van der Waals surface area contributed by atoms with E-state index in [9.17, 15) is 23.6 Å². The van der Waals surface area contributed by atoms with Crippen LogP contribution in [0.4, 0.5) is 5.69 Å². The number of nitrogens with one attached hydrogen (secondary N) is 2. The molecule has 2 unspecified atom stereocenters. The molecule has 0 radical (unpaired) electrons. The third kappa shape index (κ3) is 3.64. The summed E-state index contributed by atoms with van der Waals surface area (Å²) in [4.78, 5) is 12.7. The van der Waals surface area contributed by atoms with Crippen molar-refractivity contribution in [1.29, 1.82) is 5.26 Å². The second-order valence-electron chi connectivity index (χ2n) is 7.26. The van der Waals surface area contributed by atoms with E-state index in [1.165, 1.54) is 30.8 Å². The Balaban J connectivity index is 2.01. The maximum Gasteiger partial charge on any atom is 0.276 e. The fourth-order valence-corrected chi connectivity index (χ4v) is 4.70. The number of rotatable bonds is 3. The van der Waals surface area contributed by atoms with Crippen molar-refractivity contribution in [3.05, 3.63) is 41.2 Å². The van der Waals surface area contributed by atoms with Gasteiger partial charge in [-0.05, 0) is 31.5 Å². The van der Waals surface area contributed by atoms with Gasteiger partial charge in [0.1, 0.15) is 23.1 Å². The number of sulfonamides is 1. The number of anilines is 1. The Morgan fingerprint density at radius 3 is 2.83 bits per heavy atom. The lowest BCUT2D eigenvalue weighted by molar-refractivity contribution is 0.0898. The molecule has 0 saturated heterocycles. The van der Waals surface area contributed by atoms with E-state index in [0.29, 0.717) is 11.3 Å². The molecule has 30 heavy (non-hydrogen) atoms. The van der Waals surface area contributed by atoms with Crippen molar-refractivity contribution < 1.29 is 23.1 Å². The number of carbonyl (C=O) groups is 1. The molecule has 1 aromatic carbocycles. The van der Waals surface area contributed by atoms with Gasteiger partial charge in [0.2, 0.25) is 10.0 Å². The first kappa shape index (κ1) is 21.4. The number of carbonyl (C=O) groups excluding carboxylic acids is 1. The average Bonchev–Trinajstić information content (AvgIpc) is 2.99. The molecule has 10 heteroatoms. The minimum Gasteiger partial charge on any atom is -0.488 e. The normalized spacial score (nSPS) is 20.6. The van der Waals surface area contributed by atoms with Crippen molar-refractivity contribution in [3.63, 3.8) is 0 Å². The molecular weight excluding hydrogens is 408 g/mol. The molecule has 156 valence electrons. The van der Waals surface area contributed by atoms with Crippen molar-refractivity contribution in [3.8, 4) is 24.2 Å². The van der Waals surface area contributed by atoms with Gasteiger partial charge >= 0.3 is 0 Å². The molecule has 0 spiro atoms. The van der Waals surface area contributed by atoms with Crippen LogP contribution in [0.2, 0.25) is 0 Å². The third-order valence-corrected chi connectivity index (χ3v) is 6.47. The first-order chi connectivity index (χ1) is 14.0. The number of aliphatic hydroxyl groups excluding tert-OH is 1. The minimum atomic E-state index is -4.14. The summed E-state index contributed by atoms with van der Waals surface area (Å²) in [5, 5.41) is 21.9. The van der Waals surface area contributed by atoms with Crippen LogP contribution in [0.3, 0.4) is 0 Å². The number of nitriles is 1. The van der Waals surface area contributed by atoms with Crippen LogP contribution in [-0.4, -0.2) is 42.2 Å². The van der Waals surface area contributed by atoms with Crippen LogP contribution in [0.25, 0.3) is 0 Å². The van der Waals surface area contributed by atoms with Gasteiger partial charge < -0.3 is 19.7 Å². The number of ether oxygens (including phenoxy) is 1. The molecule has 0 bridgehead atoms. The fourth-order valence-electron chi connectivity index (χ4n) is 3.11. The van der Waals surface area contributed by atoms with E-state index in [1.807, 2.05) is 6.07 Å². The second kappa shape index (κ2) is 7.50. The number of fused-ring (bicyclic) bond motifs is 1. The largest absolute Gasteiger partial charge is 0.488 e. The number of terminal acetylenes is 1. The SMILES string of the molecule is C#CC(O)C1(C)COc2c(cn(C)c2C(=O)Nc2ccc(C)c(C#N)c2)S(=O)(=O)N1. The van der Waals surface area contributed by atoms with E-state index in [2.05, 4.69) is 16.0 Å². The first-order valence-electron chi connectivity index (χ1n) is 8.85. The molecule has 0 fully saturated rings. The summed E-state index contributed by atoms with van der Waals surface area (Å²) in [6, 6.07) is 6.89. The Morgan fingerprint density at radius 1 is 1.50 bits per heavy atom. The summed E-state index contributed by atoms with van der Waals surface area (Å²) >= 11 is 0. The summed E-state index contributed by atoms with van der Waals surface area (Å²) in [5.74, 6) is 1.32. The van der Waals surface area contributed by atoms with Crippen LogP contribution >= 0.6 is 0 Å². The lowest BCUT2D eigenvalue weighted by atomic mass is 9.98. The quantitative estimate of drug-likeness (QED) is 0.622. The predicted octanol–water partition coefficient (Wildman–Crippen LogP) is 0.881. The van der Waals surface area contributed by atoms with Crippen LogP contribution in [0.5, 0.6) is 5.75 Å². The smallest absolute Gasteiger partial charge is 0.276 e. The number of amides is 1. The monoisotopic (exact) mass is 428 g/mol. The maximum absolute atomic E-state index is 12.9. The van der Waals surface area contributed by atoms with E-state index >= 15 is 0 Å². The molecule has 0 aliphatic carbocycles. The summed E-state index contributed by atoms with van der Waals surface area (Å²) in [5.41, 5.74) is 0.0220. The van der Waals surface area contributed by atoms with E-state index in [4.69, 9.17) is 11.2 Å². The van der Waals surface area contributed by atoms with Crippen LogP contribution in [0, 0.1) is 30.6 Å². The van der Waals surface area contributed by atoms with Crippen molar-refractivity contribution >= 4 is 21.6 Å². The van der Waals surface area contributed by atoms with E-state index in [1.54, 1.807) is 19.1 Å². The zero-order chi connectivity index (χ0) is 22.3. The predicted molar refractivity (Wildman–Crippen MR) is 108 cm³/mol. The lowest BCUT2D eigenvalue weighted by Gasteiger charge is -2.29. The van der Waals surface area contributed by atoms with Crippen molar-refractivity contribution in [2.45, 2.75) is 30.4 Å². The number of hydrogen-bond donors (Lipinski definition) is 3. The molecule has 1 aliphatic rings. The topological polar surface area (TPSA) is 133 Å². The van der Waals surface area contributed by atoms with E-state index in [-0.39, 0.29) is 22.9 Å². The Labute approximate surface area is 174 Å². The minimum absolute atomic E-state index is 0.0334. The maximum atomic E-state index is 12.9. The van der Waals surface area contributed by atoms with Gasteiger partial charge in [-0.1, -0.05) is 12.0 Å². The van der Waals surface area contributed by atoms with Gasteiger partial charge in [0.15, 0.2) is 11.4 Å². The van der Waals surface area contributed by atoms with Crippen molar-refractivity contribution in [2.24, 2.45) is 7.05 Å². The standard InChI is InChI=1S/C20H20N4O5S/c1-5-16(25)20(3)11-29-18-15(30(27,28)23-20)10-24(4)17(18)19(26)22-14-7-6-12(2)13(8-14)9-21/h1,6-8,10,16,23,25H,11H2,2-4H3,(H,22,26). The van der Waals surface area contributed by atoms with E-state index in [0.717, 1.165) is 5.56 Å². The van der Waals surface area contributed by atoms with E-state index < -0.39 is 27.6 Å². The summed E-state index contributed by atoms with van der Waals surface area (Å²) in [6.07, 6.45) is 5.05. The summed E-state index contributed by atoms with van der Waals surface area (Å²) in [6.45, 7) is 2.89. The zero-order valence-electron chi connectivity index (χ0n) is 16.6. The van der Waals surface area contributed by atoms with Crippen molar-refractivity contribution in [2.75, 3.05) is 11.9 Å². The Kier molecular flexibility index (Phi) is 5.35. The third-order valence-electron chi connectivity index (χ3n) is 4.87. The second-order valence-corrected chi connectivity index (χ2v) is 8.91. The molecule has 2 aromatic rings. The number of nitrogens with zero attached hydrogens (tertiary/aromatic N) is 2. The van der Waals surface area contributed by atoms with Crippen LogP contribution < -0.4 is 14.8 Å². The Morgan fingerprint density at radius 2 is 2.20 bits per heavy atom. The number of aryl methyl sites for hydroxylation is 2. The van der Waals surface area contributed by atoms with Crippen LogP contribution in [-0.2, 0) is 17.1 Å². The average molecular weight is 428 g/mol. The van der Waals surface area contributed by atoms with Gasteiger partial charge in [-0.25, -0.2) is 8.42 Å².